The second kappa shape index (κ2) is 7.87. The van der Waals surface area contributed by atoms with Crippen LogP contribution >= 0.6 is 15.9 Å². The third-order valence-corrected chi connectivity index (χ3v) is 7.42. The predicted molar refractivity (Wildman–Crippen MR) is 141 cm³/mol. The SMILES string of the molecule is COC1(Br)C=CC=C2C1=C(c1cccc3ccccc13)c1ccccc1N2c1ccccc1. The molecule has 1 atom stereocenters. The molecule has 0 fully saturated rings. The number of ether oxygens (including phenoxy) is 1. The summed E-state index contributed by atoms with van der Waals surface area (Å²) in [6.07, 6.45) is 6.33. The van der Waals surface area contributed by atoms with Crippen molar-refractivity contribution in [3.05, 3.63) is 138 Å². The maximum atomic E-state index is 6.12. The van der Waals surface area contributed by atoms with E-state index in [0.717, 1.165) is 22.6 Å². The van der Waals surface area contributed by atoms with Crippen LogP contribution in [-0.4, -0.2) is 11.6 Å². The Morgan fingerprint density at radius 2 is 1.45 bits per heavy atom. The van der Waals surface area contributed by atoms with E-state index in [1.54, 1.807) is 7.11 Å². The molecule has 1 heterocycles. The number of hydrogen-bond acceptors (Lipinski definition) is 2. The average molecular weight is 492 g/mol. The predicted octanol–water partition coefficient (Wildman–Crippen LogP) is 7.98. The molecule has 4 aromatic rings. The normalized spacial score (nSPS) is 19.3. The number of methoxy groups -OCH3 is 1. The first-order valence-corrected chi connectivity index (χ1v) is 11.8. The second-order valence-electron chi connectivity index (χ2n) is 8.22. The summed E-state index contributed by atoms with van der Waals surface area (Å²) in [4.78, 5) is 2.33. The van der Waals surface area contributed by atoms with Gasteiger partial charge in [-0.1, -0.05) is 84.9 Å². The zero-order valence-corrected chi connectivity index (χ0v) is 19.8. The van der Waals surface area contributed by atoms with E-state index in [-0.39, 0.29) is 0 Å². The van der Waals surface area contributed by atoms with Crippen molar-refractivity contribution in [3.63, 3.8) is 0 Å². The number of halogens is 1. The van der Waals surface area contributed by atoms with Gasteiger partial charge in [0.05, 0.1) is 11.4 Å². The van der Waals surface area contributed by atoms with Crippen molar-refractivity contribution < 1.29 is 4.74 Å². The van der Waals surface area contributed by atoms with Crippen LogP contribution in [0.15, 0.2) is 127 Å². The summed E-state index contributed by atoms with van der Waals surface area (Å²) in [5.41, 5.74) is 8.04. The summed E-state index contributed by atoms with van der Waals surface area (Å²) >= 11 is 3.96. The second-order valence-corrected chi connectivity index (χ2v) is 9.40. The van der Waals surface area contributed by atoms with E-state index in [1.807, 2.05) is 0 Å². The maximum Gasteiger partial charge on any atom is 0.169 e. The van der Waals surface area contributed by atoms with E-state index >= 15 is 0 Å². The minimum Gasteiger partial charge on any atom is -0.359 e. The Morgan fingerprint density at radius 1 is 0.758 bits per heavy atom. The molecule has 0 saturated carbocycles. The fourth-order valence-corrected chi connectivity index (χ4v) is 5.54. The highest BCUT2D eigenvalue weighted by molar-refractivity contribution is 9.10. The lowest BCUT2D eigenvalue weighted by Gasteiger charge is -2.42. The van der Waals surface area contributed by atoms with Gasteiger partial charge in [-0.15, -0.1) is 0 Å². The molecule has 2 nitrogen and oxygen atoms in total. The first-order valence-electron chi connectivity index (χ1n) is 11.0. The van der Waals surface area contributed by atoms with E-state index in [9.17, 15) is 0 Å². The van der Waals surface area contributed by atoms with Gasteiger partial charge in [0.2, 0.25) is 0 Å². The fourth-order valence-electron chi connectivity index (χ4n) is 4.98. The van der Waals surface area contributed by atoms with Crippen molar-refractivity contribution in [2.75, 3.05) is 12.0 Å². The van der Waals surface area contributed by atoms with Gasteiger partial charge in [-0.2, -0.15) is 0 Å². The number of alkyl halides is 1. The summed E-state index contributed by atoms with van der Waals surface area (Å²) in [5, 5.41) is 2.45. The van der Waals surface area contributed by atoms with Crippen LogP contribution in [0.1, 0.15) is 11.1 Å². The van der Waals surface area contributed by atoms with Crippen LogP contribution in [0.25, 0.3) is 16.3 Å². The number of anilines is 2. The Balaban J connectivity index is 1.76. The first-order chi connectivity index (χ1) is 16.2. The molecule has 0 aromatic heterocycles. The van der Waals surface area contributed by atoms with Gasteiger partial charge < -0.3 is 9.64 Å². The van der Waals surface area contributed by atoms with Crippen molar-refractivity contribution in [2.45, 2.75) is 4.51 Å². The van der Waals surface area contributed by atoms with E-state index in [1.165, 1.54) is 27.5 Å². The lowest BCUT2D eigenvalue weighted by Crippen LogP contribution is -2.36. The molecule has 3 heteroatoms. The van der Waals surface area contributed by atoms with Crippen LogP contribution in [-0.2, 0) is 4.74 Å². The van der Waals surface area contributed by atoms with Crippen LogP contribution in [0, 0.1) is 0 Å². The Kier molecular flexibility index (Phi) is 4.83. The smallest absolute Gasteiger partial charge is 0.169 e. The maximum absolute atomic E-state index is 6.12. The summed E-state index contributed by atoms with van der Waals surface area (Å²) in [7, 11) is 1.75. The Bertz CT molecular complexity index is 1460. The fraction of sp³-hybridized carbons (Fsp3) is 0.0667. The number of fused-ring (bicyclic) bond motifs is 3. The quantitative estimate of drug-likeness (QED) is 0.269. The zero-order chi connectivity index (χ0) is 22.4. The van der Waals surface area contributed by atoms with E-state index in [4.69, 9.17) is 4.74 Å². The lowest BCUT2D eigenvalue weighted by molar-refractivity contribution is 0.147. The third kappa shape index (κ3) is 3.12. The molecule has 0 N–H and O–H groups in total. The molecule has 160 valence electrons. The number of hydrogen-bond donors (Lipinski definition) is 0. The molecular weight excluding hydrogens is 470 g/mol. The van der Waals surface area contributed by atoms with Gasteiger partial charge >= 0.3 is 0 Å². The van der Waals surface area contributed by atoms with Gasteiger partial charge in [-0.3, -0.25) is 0 Å². The summed E-state index contributed by atoms with van der Waals surface area (Å²) in [6, 6.07) is 34.3. The Labute approximate surface area is 202 Å². The monoisotopic (exact) mass is 491 g/mol. The first kappa shape index (κ1) is 20.2. The lowest BCUT2D eigenvalue weighted by atomic mass is 9.80. The molecule has 1 unspecified atom stereocenters. The van der Waals surface area contributed by atoms with Crippen LogP contribution in [0.5, 0.6) is 0 Å². The van der Waals surface area contributed by atoms with Gasteiger partial charge in [-0.05, 0) is 62.6 Å². The Hall–Kier alpha value is -3.40. The molecule has 0 amide bonds. The number of allylic oxidation sites excluding steroid dienone is 2. The summed E-state index contributed by atoms with van der Waals surface area (Å²) in [5.74, 6) is 0. The van der Waals surface area contributed by atoms with E-state index in [2.05, 4.69) is 136 Å². The van der Waals surface area contributed by atoms with Gasteiger partial charge in [0.1, 0.15) is 0 Å². The number of rotatable bonds is 3. The number of benzene rings is 4. The highest BCUT2D eigenvalue weighted by Crippen LogP contribution is 2.54. The van der Waals surface area contributed by atoms with Crippen molar-refractivity contribution in [2.24, 2.45) is 0 Å². The van der Waals surface area contributed by atoms with Gasteiger partial charge in [-0.25, -0.2) is 0 Å². The third-order valence-electron chi connectivity index (χ3n) is 6.44. The molecule has 0 radical (unpaired) electrons. The highest BCUT2D eigenvalue weighted by Gasteiger charge is 2.42. The molecule has 0 spiro atoms. The van der Waals surface area contributed by atoms with Crippen LogP contribution < -0.4 is 4.90 Å². The van der Waals surface area contributed by atoms with E-state index in [0.29, 0.717) is 0 Å². The topological polar surface area (TPSA) is 12.5 Å². The molecule has 0 saturated heterocycles. The molecule has 4 aromatic carbocycles. The summed E-state index contributed by atoms with van der Waals surface area (Å²) in [6.45, 7) is 0. The highest BCUT2D eigenvalue weighted by atomic mass is 79.9. The molecule has 2 aliphatic rings. The standard InChI is InChI=1S/C30H22BrNO/c1-33-30(31)20-10-19-27-29(30)28(24-17-9-12-21-11-5-6-15-23(21)24)25-16-7-8-18-26(25)32(27)22-13-3-2-4-14-22/h2-20H,1H3. The van der Waals surface area contributed by atoms with Crippen molar-refractivity contribution in [1.82, 2.24) is 0 Å². The van der Waals surface area contributed by atoms with Crippen molar-refractivity contribution >= 4 is 43.7 Å². The van der Waals surface area contributed by atoms with Crippen LogP contribution in [0.3, 0.4) is 0 Å². The summed E-state index contributed by atoms with van der Waals surface area (Å²) < 4.78 is 5.37. The molecular formula is C30H22BrNO. The number of para-hydroxylation sites is 2. The van der Waals surface area contributed by atoms with Gasteiger partial charge in [0.25, 0.3) is 0 Å². The zero-order valence-electron chi connectivity index (χ0n) is 18.2. The van der Waals surface area contributed by atoms with E-state index < -0.39 is 4.51 Å². The van der Waals surface area contributed by atoms with Crippen LogP contribution in [0.2, 0.25) is 0 Å². The molecule has 1 aliphatic carbocycles. The molecule has 1 aliphatic heterocycles. The van der Waals surface area contributed by atoms with Gasteiger partial charge in [0, 0.05) is 29.5 Å². The van der Waals surface area contributed by atoms with Crippen molar-refractivity contribution in [3.8, 4) is 0 Å². The molecule has 6 rings (SSSR count). The minimum atomic E-state index is -0.746. The van der Waals surface area contributed by atoms with Crippen molar-refractivity contribution in [1.29, 1.82) is 0 Å². The van der Waals surface area contributed by atoms with Crippen LogP contribution in [0.4, 0.5) is 11.4 Å². The Morgan fingerprint density at radius 3 is 2.30 bits per heavy atom. The largest absolute Gasteiger partial charge is 0.359 e. The number of nitrogens with zero attached hydrogens (tertiary/aromatic N) is 1. The van der Waals surface area contributed by atoms with Gasteiger partial charge in [0.15, 0.2) is 4.51 Å². The average Bonchev–Trinajstić information content (AvgIpc) is 2.88. The minimum absolute atomic E-state index is 0.746. The molecule has 33 heavy (non-hydrogen) atoms. The molecule has 0 bridgehead atoms.